The van der Waals surface area contributed by atoms with E-state index in [-0.39, 0.29) is 17.5 Å². The number of carbonyl (C=O) groups excluding carboxylic acids is 1. The molecule has 26 heavy (non-hydrogen) atoms. The van der Waals surface area contributed by atoms with Crippen molar-refractivity contribution in [2.45, 2.75) is 76.7 Å². The number of nitriles is 1. The van der Waals surface area contributed by atoms with Gasteiger partial charge in [0.25, 0.3) is 5.91 Å². The molecular formula is C21H30N4O. The molecule has 0 aliphatic heterocycles. The smallest absolute Gasteiger partial charge is 0.263 e. The highest BCUT2D eigenvalue weighted by Gasteiger charge is 2.16. The SMILES string of the molecule is N#C/C(=C/Nc1ccccn1)C(=O)NC1CCCCCCCCCCC1. The summed E-state index contributed by atoms with van der Waals surface area (Å²) in [4.78, 5) is 16.6. The van der Waals surface area contributed by atoms with Gasteiger partial charge in [-0.15, -0.1) is 0 Å². The first kappa shape index (κ1) is 20.0. The lowest BCUT2D eigenvalue weighted by atomic mass is 9.98. The molecular weight excluding hydrogens is 324 g/mol. The van der Waals surface area contributed by atoms with Crippen molar-refractivity contribution in [3.05, 3.63) is 36.2 Å². The Kier molecular flexibility index (Phi) is 9.27. The van der Waals surface area contributed by atoms with Crippen LogP contribution >= 0.6 is 0 Å². The normalized spacial score (nSPS) is 18.0. The molecule has 1 aliphatic carbocycles. The molecule has 2 N–H and O–H groups in total. The lowest BCUT2D eigenvalue weighted by molar-refractivity contribution is -0.117. The largest absolute Gasteiger partial charge is 0.349 e. The number of nitrogens with one attached hydrogen (secondary N) is 2. The highest BCUT2D eigenvalue weighted by atomic mass is 16.1. The number of hydrogen-bond acceptors (Lipinski definition) is 4. The Labute approximate surface area is 156 Å². The third-order valence-corrected chi connectivity index (χ3v) is 4.83. The zero-order valence-corrected chi connectivity index (χ0v) is 15.5. The summed E-state index contributed by atoms with van der Waals surface area (Å²) in [6, 6.07) is 7.60. The quantitative estimate of drug-likeness (QED) is 0.607. The molecule has 1 aromatic rings. The summed E-state index contributed by atoms with van der Waals surface area (Å²) in [5.41, 5.74) is 0.0850. The van der Waals surface area contributed by atoms with E-state index >= 15 is 0 Å². The minimum Gasteiger partial charge on any atom is -0.349 e. The summed E-state index contributed by atoms with van der Waals surface area (Å²) < 4.78 is 0. The molecule has 1 aromatic heterocycles. The number of carbonyl (C=O) groups is 1. The van der Waals surface area contributed by atoms with Crippen molar-refractivity contribution in [3.63, 3.8) is 0 Å². The van der Waals surface area contributed by atoms with E-state index in [4.69, 9.17) is 0 Å². The van der Waals surface area contributed by atoms with Crippen LogP contribution in [-0.4, -0.2) is 16.9 Å². The molecule has 0 aromatic carbocycles. The van der Waals surface area contributed by atoms with Gasteiger partial charge < -0.3 is 10.6 Å². The number of anilines is 1. The summed E-state index contributed by atoms with van der Waals surface area (Å²) in [6.07, 6.45) is 16.4. The topological polar surface area (TPSA) is 77.8 Å². The van der Waals surface area contributed by atoms with Gasteiger partial charge in [-0.25, -0.2) is 4.98 Å². The molecule has 1 fully saturated rings. The molecule has 0 spiro atoms. The van der Waals surface area contributed by atoms with Gasteiger partial charge in [0.05, 0.1) is 0 Å². The summed E-state index contributed by atoms with van der Waals surface area (Å²) >= 11 is 0. The number of hydrogen-bond donors (Lipinski definition) is 2. The molecule has 5 heteroatoms. The van der Waals surface area contributed by atoms with Crippen molar-refractivity contribution in [3.8, 4) is 6.07 Å². The lowest BCUT2D eigenvalue weighted by Gasteiger charge is -2.19. The van der Waals surface area contributed by atoms with Crippen molar-refractivity contribution in [1.82, 2.24) is 10.3 Å². The van der Waals surface area contributed by atoms with E-state index in [1.54, 1.807) is 12.3 Å². The first-order valence-corrected chi connectivity index (χ1v) is 9.88. The third-order valence-electron chi connectivity index (χ3n) is 4.83. The summed E-state index contributed by atoms with van der Waals surface area (Å²) in [7, 11) is 0. The highest BCUT2D eigenvalue weighted by Crippen LogP contribution is 2.17. The highest BCUT2D eigenvalue weighted by molar-refractivity contribution is 5.97. The molecule has 1 saturated carbocycles. The van der Waals surface area contributed by atoms with Gasteiger partial charge in [0.2, 0.25) is 0 Å². The van der Waals surface area contributed by atoms with Crippen LogP contribution in [0.5, 0.6) is 0 Å². The zero-order chi connectivity index (χ0) is 18.5. The second-order valence-corrected chi connectivity index (χ2v) is 6.96. The first-order chi connectivity index (χ1) is 12.8. The molecule has 5 nitrogen and oxygen atoms in total. The molecule has 1 aliphatic rings. The standard InChI is InChI=1S/C21H30N4O/c22-16-18(17-24-20-14-10-11-15-23-20)21(26)25-19-12-8-6-4-2-1-3-5-7-9-13-19/h10-11,14-15,17,19H,1-9,12-13H2,(H,23,24)(H,25,26)/b18-17-. The molecule has 0 unspecified atom stereocenters. The van der Waals surface area contributed by atoms with Crippen molar-refractivity contribution in [2.24, 2.45) is 0 Å². The fraction of sp³-hybridized carbons (Fsp3) is 0.571. The molecule has 2 rings (SSSR count). The van der Waals surface area contributed by atoms with E-state index in [0.29, 0.717) is 5.82 Å². The number of pyridine rings is 1. The van der Waals surface area contributed by atoms with Crippen molar-refractivity contribution in [2.75, 3.05) is 5.32 Å². The molecule has 0 atom stereocenters. The Morgan fingerprint density at radius 3 is 2.19 bits per heavy atom. The minimum absolute atomic E-state index is 0.0850. The van der Waals surface area contributed by atoms with E-state index in [0.717, 1.165) is 25.7 Å². The second kappa shape index (κ2) is 12.1. The van der Waals surface area contributed by atoms with Crippen LogP contribution in [0.2, 0.25) is 0 Å². The Hall–Kier alpha value is -2.35. The summed E-state index contributed by atoms with van der Waals surface area (Å²) in [5.74, 6) is 0.312. The van der Waals surface area contributed by atoms with Gasteiger partial charge >= 0.3 is 0 Å². The van der Waals surface area contributed by atoms with Crippen LogP contribution in [0.4, 0.5) is 5.82 Å². The molecule has 1 amide bonds. The third kappa shape index (κ3) is 7.69. The van der Waals surface area contributed by atoms with Crippen LogP contribution in [0.3, 0.4) is 0 Å². The van der Waals surface area contributed by atoms with E-state index in [2.05, 4.69) is 15.6 Å². The zero-order valence-electron chi connectivity index (χ0n) is 15.5. The fourth-order valence-corrected chi connectivity index (χ4v) is 3.31. The Morgan fingerprint density at radius 2 is 1.65 bits per heavy atom. The van der Waals surface area contributed by atoms with Crippen molar-refractivity contribution in [1.29, 1.82) is 5.26 Å². The van der Waals surface area contributed by atoms with Crippen LogP contribution in [0.15, 0.2) is 36.2 Å². The van der Waals surface area contributed by atoms with Crippen LogP contribution in [-0.2, 0) is 4.79 Å². The molecule has 0 saturated heterocycles. The fourth-order valence-electron chi connectivity index (χ4n) is 3.31. The van der Waals surface area contributed by atoms with Gasteiger partial charge in [-0.05, 0) is 25.0 Å². The minimum atomic E-state index is -0.298. The average Bonchev–Trinajstić information content (AvgIpc) is 2.65. The van der Waals surface area contributed by atoms with E-state index < -0.39 is 0 Å². The maximum Gasteiger partial charge on any atom is 0.263 e. The Morgan fingerprint density at radius 1 is 1.04 bits per heavy atom. The second-order valence-electron chi connectivity index (χ2n) is 6.96. The number of nitrogens with zero attached hydrogens (tertiary/aromatic N) is 2. The number of aromatic nitrogens is 1. The summed E-state index contributed by atoms with van der Waals surface area (Å²) in [6.45, 7) is 0. The van der Waals surface area contributed by atoms with Gasteiger partial charge in [0.1, 0.15) is 17.5 Å². The molecule has 1 heterocycles. The van der Waals surface area contributed by atoms with E-state index in [1.165, 1.54) is 51.1 Å². The molecule has 140 valence electrons. The maximum absolute atomic E-state index is 12.5. The first-order valence-electron chi connectivity index (χ1n) is 9.88. The van der Waals surface area contributed by atoms with Gasteiger partial charge in [0.15, 0.2) is 0 Å². The van der Waals surface area contributed by atoms with Gasteiger partial charge in [-0.2, -0.15) is 5.26 Å². The van der Waals surface area contributed by atoms with Gasteiger partial charge in [0, 0.05) is 18.4 Å². The number of rotatable bonds is 4. The lowest BCUT2D eigenvalue weighted by Crippen LogP contribution is -2.35. The van der Waals surface area contributed by atoms with Crippen LogP contribution in [0.25, 0.3) is 0 Å². The predicted molar refractivity (Wildman–Crippen MR) is 104 cm³/mol. The Balaban J connectivity index is 1.89. The summed E-state index contributed by atoms with van der Waals surface area (Å²) in [5, 5.41) is 15.3. The monoisotopic (exact) mass is 354 g/mol. The van der Waals surface area contributed by atoms with Crippen LogP contribution < -0.4 is 10.6 Å². The Bertz CT molecular complexity index is 594. The van der Waals surface area contributed by atoms with Gasteiger partial charge in [-0.3, -0.25) is 4.79 Å². The predicted octanol–water partition coefficient (Wildman–Crippen LogP) is 4.69. The van der Waals surface area contributed by atoms with E-state index in [9.17, 15) is 10.1 Å². The molecule has 0 bridgehead atoms. The average molecular weight is 354 g/mol. The maximum atomic E-state index is 12.5. The van der Waals surface area contributed by atoms with Crippen molar-refractivity contribution >= 4 is 11.7 Å². The number of amides is 1. The van der Waals surface area contributed by atoms with E-state index in [1.807, 2.05) is 18.2 Å². The van der Waals surface area contributed by atoms with Crippen LogP contribution in [0, 0.1) is 11.3 Å². The molecule has 0 radical (unpaired) electrons. The van der Waals surface area contributed by atoms with Crippen molar-refractivity contribution < 1.29 is 4.79 Å². The van der Waals surface area contributed by atoms with Gasteiger partial charge in [-0.1, -0.05) is 63.9 Å². The van der Waals surface area contributed by atoms with Crippen LogP contribution in [0.1, 0.15) is 70.6 Å².